The van der Waals surface area contributed by atoms with Crippen molar-refractivity contribution in [1.82, 2.24) is 4.65 Å². The molecule has 0 heterocycles. The van der Waals surface area contributed by atoms with E-state index in [0.717, 1.165) is 11.3 Å². The topological polar surface area (TPSA) is 12.0 Å². The predicted molar refractivity (Wildman–Crippen MR) is 118 cm³/mol. The molecule has 2 saturated carbocycles. The van der Waals surface area contributed by atoms with Crippen LogP contribution in [-0.2, 0) is 0 Å². The van der Waals surface area contributed by atoms with E-state index < -0.39 is 16.5 Å². The predicted octanol–water partition coefficient (Wildman–Crippen LogP) is 6.09. The van der Waals surface area contributed by atoms with Gasteiger partial charge in [-0.15, -0.1) is 17.2 Å². The van der Waals surface area contributed by atoms with E-state index in [-0.39, 0.29) is 0 Å². The molecule has 0 aliphatic heterocycles. The first-order valence-corrected chi connectivity index (χ1v) is 19.1. The highest BCUT2D eigenvalue weighted by atomic mass is 31.1. The van der Waals surface area contributed by atoms with Crippen molar-refractivity contribution in [3.63, 3.8) is 0 Å². The largest absolute Gasteiger partial charge is 0.359 e. The van der Waals surface area contributed by atoms with Gasteiger partial charge >= 0.3 is 0 Å². The summed E-state index contributed by atoms with van der Waals surface area (Å²) in [5.41, 5.74) is 2.18. The zero-order valence-corrected chi connectivity index (χ0v) is 20.1. The lowest BCUT2D eigenvalue weighted by atomic mass is 10.0. The summed E-state index contributed by atoms with van der Waals surface area (Å²) in [6, 6.07) is 0. The molecule has 0 radical (unpaired) electrons. The lowest BCUT2D eigenvalue weighted by Gasteiger charge is -2.37. The molecule has 2 aliphatic carbocycles. The lowest BCUT2D eigenvalue weighted by molar-refractivity contribution is 0.513. The fourth-order valence-electron chi connectivity index (χ4n) is 4.42. The first-order chi connectivity index (χ1) is 10.9. The lowest BCUT2D eigenvalue weighted by Crippen LogP contribution is -2.62. The zero-order chi connectivity index (χ0) is 16.8. The Morgan fingerprint density at radius 3 is 1.35 bits per heavy atom. The van der Waals surface area contributed by atoms with Gasteiger partial charge in [-0.2, -0.15) is 0 Å². The maximum absolute atomic E-state index is 4.30. The van der Waals surface area contributed by atoms with Crippen LogP contribution in [0.15, 0.2) is 0 Å². The fourth-order valence-corrected chi connectivity index (χ4v) is 22.1. The quantitative estimate of drug-likeness (QED) is 0.391. The second-order valence-electron chi connectivity index (χ2n) is 9.32. The molecule has 5 heteroatoms. The Morgan fingerprint density at radius 2 is 1.00 bits per heavy atom. The molecule has 2 aliphatic rings. The summed E-state index contributed by atoms with van der Waals surface area (Å²) in [6.45, 7) is 10.4. The molecule has 0 bridgehead atoms. The third-order valence-corrected chi connectivity index (χ3v) is 22.0. The summed E-state index contributed by atoms with van der Waals surface area (Å²) in [5.74, 6) is 3.08. The first kappa shape index (κ1) is 20.6. The normalized spacial score (nSPS) is 23.5. The van der Waals surface area contributed by atoms with Crippen molar-refractivity contribution in [3.8, 4) is 0 Å². The van der Waals surface area contributed by atoms with Crippen molar-refractivity contribution in [3.05, 3.63) is 0 Å². The second-order valence-corrected chi connectivity index (χ2v) is 23.1. The van der Waals surface area contributed by atoms with E-state index in [1.807, 2.05) is 0 Å². The van der Waals surface area contributed by atoms with E-state index in [9.17, 15) is 0 Å². The Hall–Kier alpha value is 1.25. The van der Waals surface area contributed by atoms with Crippen molar-refractivity contribution in [2.75, 3.05) is 11.6 Å². The summed E-state index contributed by atoms with van der Waals surface area (Å²) in [5, 5.41) is 0. The van der Waals surface area contributed by atoms with Crippen LogP contribution >= 0.6 is 17.2 Å². The van der Waals surface area contributed by atoms with Gasteiger partial charge in [-0.1, -0.05) is 64.7 Å². The van der Waals surface area contributed by atoms with Crippen LogP contribution in [0.5, 0.6) is 0 Å². The molecule has 1 nitrogen and oxygen atoms in total. The van der Waals surface area contributed by atoms with Gasteiger partial charge in [-0.3, -0.25) is 0 Å². The molecule has 23 heavy (non-hydrogen) atoms. The zero-order valence-electron chi connectivity index (χ0n) is 16.1. The van der Waals surface area contributed by atoms with Gasteiger partial charge in [0.1, 0.15) is 16.5 Å². The molecule has 136 valence electrons. The third kappa shape index (κ3) is 8.45. The van der Waals surface area contributed by atoms with E-state index in [4.69, 9.17) is 0 Å². The molecule has 2 rings (SSSR count). The average molecular weight is 390 g/mol. The third-order valence-electron chi connectivity index (χ3n) is 5.55. The number of hydrogen-bond donors (Lipinski definition) is 1. The monoisotopic (exact) mass is 389 g/mol. The molecule has 2 atom stereocenters. The molecule has 2 fully saturated rings. The average Bonchev–Trinajstić information content (AvgIpc) is 2.52. The van der Waals surface area contributed by atoms with Gasteiger partial charge in [0.25, 0.3) is 0 Å². The van der Waals surface area contributed by atoms with Gasteiger partial charge < -0.3 is 4.65 Å². The second kappa shape index (κ2) is 9.81. The standard InChI is InChI=1S/C18H41NP2Si2/c1-22(2,15-20-17-11-7-5-8-12-17)19-23(3,4)16-21-18-13-9-6-10-14-18/h17-21H,5-16H2,1-4H3. The van der Waals surface area contributed by atoms with Crippen LogP contribution in [0.25, 0.3) is 0 Å². The fraction of sp³-hybridized carbons (Fsp3) is 1.00. The Balaban J connectivity index is 1.70. The van der Waals surface area contributed by atoms with Gasteiger partial charge in [0.2, 0.25) is 0 Å². The Morgan fingerprint density at radius 1 is 0.652 bits per heavy atom. The van der Waals surface area contributed by atoms with Gasteiger partial charge in [-0.25, -0.2) is 0 Å². The van der Waals surface area contributed by atoms with Crippen molar-refractivity contribution in [2.24, 2.45) is 0 Å². The van der Waals surface area contributed by atoms with Crippen molar-refractivity contribution in [1.29, 1.82) is 0 Å². The molecule has 0 aromatic rings. The summed E-state index contributed by atoms with van der Waals surface area (Å²) < 4.78 is 4.30. The Labute approximate surface area is 151 Å². The summed E-state index contributed by atoms with van der Waals surface area (Å²) in [6.07, 6.45) is 15.2. The molecular formula is C18H41NP2Si2. The van der Waals surface area contributed by atoms with Gasteiger partial charge in [0.05, 0.1) is 0 Å². The SMILES string of the molecule is C[Si](C)(CPC1CCCCC1)N[Si](C)(C)CPC1CCCCC1. The minimum absolute atomic E-state index is 1.09. The smallest absolute Gasteiger partial charge is 0.116 e. The number of rotatable bonds is 8. The van der Waals surface area contributed by atoms with Crippen LogP contribution in [0.4, 0.5) is 0 Å². The maximum atomic E-state index is 4.30. The van der Waals surface area contributed by atoms with Crippen molar-refractivity contribution in [2.45, 2.75) is 102 Å². The molecular weight excluding hydrogens is 348 g/mol. The van der Waals surface area contributed by atoms with Gasteiger partial charge in [-0.05, 0) is 48.6 Å². The van der Waals surface area contributed by atoms with E-state index in [1.165, 1.54) is 81.4 Å². The van der Waals surface area contributed by atoms with Crippen LogP contribution < -0.4 is 4.65 Å². The van der Waals surface area contributed by atoms with Crippen LogP contribution in [0.1, 0.15) is 64.2 Å². The highest BCUT2D eigenvalue weighted by Crippen LogP contribution is 2.36. The van der Waals surface area contributed by atoms with Crippen LogP contribution in [0, 0.1) is 0 Å². The van der Waals surface area contributed by atoms with Gasteiger partial charge in [0.15, 0.2) is 0 Å². The Bertz CT molecular complexity index is 306. The summed E-state index contributed by atoms with van der Waals surface area (Å²) >= 11 is 0. The van der Waals surface area contributed by atoms with Crippen LogP contribution in [0.2, 0.25) is 26.2 Å². The molecule has 0 saturated heterocycles. The molecule has 1 N–H and O–H groups in total. The van der Waals surface area contributed by atoms with Crippen molar-refractivity contribution < 1.29 is 0 Å². The summed E-state index contributed by atoms with van der Waals surface area (Å²) in [7, 11) is 0.136. The van der Waals surface area contributed by atoms with E-state index in [1.54, 1.807) is 11.6 Å². The number of hydrogen-bond acceptors (Lipinski definition) is 1. The van der Waals surface area contributed by atoms with E-state index in [2.05, 4.69) is 30.8 Å². The minimum atomic E-state index is -1.18. The van der Waals surface area contributed by atoms with Crippen molar-refractivity contribution >= 4 is 33.6 Å². The van der Waals surface area contributed by atoms with Crippen LogP contribution in [-0.4, -0.2) is 39.4 Å². The molecule has 0 aromatic carbocycles. The molecule has 2 unspecified atom stereocenters. The molecule has 0 aromatic heterocycles. The van der Waals surface area contributed by atoms with E-state index in [0.29, 0.717) is 0 Å². The maximum Gasteiger partial charge on any atom is 0.116 e. The minimum Gasteiger partial charge on any atom is -0.359 e. The molecule has 0 amide bonds. The van der Waals surface area contributed by atoms with E-state index >= 15 is 0 Å². The molecule has 0 spiro atoms. The van der Waals surface area contributed by atoms with Gasteiger partial charge in [0, 0.05) is 0 Å². The Kier molecular flexibility index (Phi) is 8.78. The number of nitrogens with one attached hydrogen (secondary N) is 1. The highest BCUT2D eigenvalue weighted by molar-refractivity contribution is 7.44. The first-order valence-electron chi connectivity index (χ1n) is 10.1. The van der Waals surface area contributed by atoms with Crippen LogP contribution in [0.3, 0.4) is 0 Å². The highest BCUT2D eigenvalue weighted by Gasteiger charge is 2.32. The summed E-state index contributed by atoms with van der Waals surface area (Å²) in [4.78, 5) is 0.